The van der Waals surface area contributed by atoms with Crippen LogP contribution in [0, 0.1) is 5.92 Å². The topological polar surface area (TPSA) is 12.0 Å². The quantitative estimate of drug-likeness (QED) is 0.574. The smallest absolute Gasteiger partial charge is 0.00190 e. The first kappa shape index (κ1) is 8.49. The first-order valence-corrected chi connectivity index (χ1v) is 6.38. The Morgan fingerprint density at radius 2 is 2.00 bits per heavy atom. The Morgan fingerprint density at radius 3 is 2.40 bits per heavy atom. The Kier molecular flexibility index (Phi) is 3.13. The summed E-state index contributed by atoms with van der Waals surface area (Å²) in [5, 5.41) is 3.48. The largest absolute Gasteiger partial charge is 0.316 e. The molecule has 2 heteroatoms. The Hall–Kier alpha value is 0.390. The van der Waals surface area contributed by atoms with E-state index in [1.807, 2.05) is 0 Å². The van der Waals surface area contributed by atoms with Gasteiger partial charge < -0.3 is 5.32 Å². The van der Waals surface area contributed by atoms with Gasteiger partial charge in [0, 0.05) is 6.54 Å². The van der Waals surface area contributed by atoms with Gasteiger partial charge in [0.2, 0.25) is 0 Å². The van der Waals surface area contributed by atoms with Crippen molar-refractivity contribution < 1.29 is 0 Å². The fourth-order valence-corrected chi connectivity index (χ4v) is 2.80. The van der Waals surface area contributed by atoms with Crippen molar-refractivity contribution in [3.63, 3.8) is 0 Å². The molecule has 0 aliphatic carbocycles. The van der Waals surface area contributed by atoms with Crippen LogP contribution < -0.4 is 5.32 Å². The van der Waals surface area contributed by atoms with E-state index in [9.17, 15) is 0 Å². The maximum absolute atomic E-state index is 3.48. The van der Waals surface area contributed by atoms with E-state index in [1.54, 1.807) is 0 Å². The zero-order chi connectivity index (χ0) is 7.56. The molecule has 1 N–H and O–H groups in total. The Bertz CT molecular complexity index is 103. The monoisotopic (exact) mass is 159 g/mol. The minimum Gasteiger partial charge on any atom is -0.316 e. The predicted octanol–water partition coefficient (Wildman–Crippen LogP) is 1.73. The fourth-order valence-electron chi connectivity index (χ4n) is 1.52. The van der Waals surface area contributed by atoms with Crippen LogP contribution in [0.3, 0.4) is 0 Å². The molecule has 0 aromatic rings. The molecule has 2 unspecified atom stereocenters. The summed E-state index contributed by atoms with van der Waals surface area (Å²) in [6.07, 6.45) is 1.45. The van der Waals surface area contributed by atoms with Gasteiger partial charge in [-0.15, -0.1) is 7.92 Å². The van der Waals surface area contributed by atoms with Gasteiger partial charge in [-0.05, 0) is 37.9 Å². The van der Waals surface area contributed by atoms with Gasteiger partial charge in [0.25, 0.3) is 0 Å². The molecule has 1 aliphatic heterocycles. The molecule has 0 radical (unpaired) electrons. The molecule has 0 amide bonds. The number of hydrogen-bond donors (Lipinski definition) is 1. The van der Waals surface area contributed by atoms with Gasteiger partial charge in [-0.2, -0.15) is 0 Å². The Balaban J connectivity index is 2.32. The molecule has 0 aromatic heterocycles. The predicted molar refractivity (Wildman–Crippen MR) is 49.2 cm³/mol. The van der Waals surface area contributed by atoms with Crippen molar-refractivity contribution in [1.82, 2.24) is 5.32 Å². The van der Waals surface area contributed by atoms with Crippen LogP contribution in [0.25, 0.3) is 0 Å². The summed E-state index contributed by atoms with van der Waals surface area (Å²) >= 11 is 0. The molecule has 0 bridgehead atoms. The summed E-state index contributed by atoms with van der Waals surface area (Å²) in [6.45, 7) is 9.63. The van der Waals surface area contributed by atoms with Gasteiger partial charge in [0.1, 0.15) is 0 Å². The van der Waals surface area contributed by atoms with Crippen LogP contribution in [-0.2, 0) is 0 Å². The van der Waals surface area contributed by atoms with Crippen LogP contribution in [0.15, 0.2) is 0 Å². The van der Waals surface area contributed by atoms with Crippen LogP contribution in [-0.4, -0.2) is 32.1 Å². The maximum atomic E-state index is 3.48. The molecule has 1 aliphatic rings. The second-order valence-electron chi connectivity index (χ2n) is 3.62. The van der Waals surface area contributed by atoms with Crippen molar-refractivity contribution in [2.24, 2.45) is 5.92 Å². The molecule has 1 saturated heterocycles. The first-order chi connectivity index (χ1) is 4.70. The van der Waals surface area contributed by atoms with E-state index in [0.717, 1.165) is 11.6 Å². The van der Waals surface area contributed by atoms with Crippen molar-refractivity contribution in [2.75, 3.05) is 26.4 Å². The maximum Gasteiger partial charge on any atom is 0.00190 e. The third-order valence-electron chi connectivity index (χ3n) is 2.28. The van der Waals surface area contributed by atoms with Crippen molar-refractivity contribution in [2.45, 2.75) is 19.0 Å². The van der Waals surface area contributed by atoms with Crippen LogP contribution in [0.5, 0.6) is 0 Å². The molecule has 1 rings (SSSR count). The minimum atomic E-state index is 0.292. The van der Waals surface area contributed by atoms with E-state index in [4.69, 9.17) is 0 Å². The van der Waals surface area contributed by atoms with E-state index in [-0.39, 0.29) is 0 Å². The van der Waals surface area contributed by atoms with Crippen LogP contribution in [0.1, 0.15) is 13.3 Å². The lowest BCUT2D eigenvalue weighted by atomic mass is 10.0. The summed E-state index contributed by atoms with van der Waals surface area (Å²) in [5.41, 5.74) is 0.985. The Morgan fingerprint density at radius 1 is 1.30 bits per heavy atom. The summed E-state index contributed by atoms with van der Waals surface area (Å²) < 4.78 is 0. The molecular weight excluding hydrogens is 141 g/mol. The second kappa shape index (κ2) is 3.69. The van der Waals surface area contributed by atoms with Gasteiger partial charge in [0.15, 0.2) is 0 Å². The highest BCUT2D eigenvalue weighted by Crippen LogP contribution is 2.36. The lowest BCUT2D eigenvalue weighted by Gasteiger charge is -2.30. The van der Waals surface area contributed by atoms with Crippen molar-refractivity contribution in [1.29, 1.82) is 0 Å². The highest BCUT2D eigenvalue weighted by molar-refractivity contribution is 7.56. The lowest BCUT2D eigenvalue weighted by Crippen LogP contribution is -2.37. The van der Waals surface area contributed by atoms with Gasteiger partial charge in [-0.3, -0.25) is 0 Å². The lowest BCUT2D eigenvalue weighted by molar-refractivity contribution is 0.411. The molecule has 60 valence electrons. The zero-order valence-corrected chi connectivity index (χ0v) is 8.12. The van der Waals surface area contributed by atoms with Gasteiger partial charge in [0.05, 0.1) is 0 Å². The van der Waals surface area contributed by atoms with Crippen LogP contribution >= 0.6 is 7.92 Å². The molecule has 0 saturated carbocycles. The van der Waals surface area contributed by atoms with Crippen LogP contribution in [0.2, 0.25) is 0 Å². The number of piperidine rings is 1. The summed E-state index contributed by atoms with van der Waals surface area (Å²) in [7, 11) is 0.292. The molecule has 2 atom stereocenters. The molecule has 0 aromatic carbocycles. The zero-order valence-electron chi connectivity index (χ0n) is 7.22. The van der Waals surface area contributed by atoms with E-state index in [0.29, 0.717) is 7.92 Å². The normalized spacial score (nSPS) is 34.8. The van der Waals surface area contributed by atoms with E-state index in [1.165, 1.54) is 19.5 Å². The average molecular weight is 159 g/mol. The second-order valence-corrected chi connectivity index (χ2v) is 6.27. The summed E-state index contributed by atoms with van der Waals surface area (Å²) in [6, 6.07) is 0. The molecule has 0 spiro atoms. The van der Waals surface area contributed by atoms with E-state index < -0.39 is 0 Å². The highest BCUT2D eigenvalue weighted by atomic mass is 31.1. The van der Waals surface area contributed by atoms with Crippen molar-refractivity contribution >= 4 is 7.92 Å². The highest BCUT2D eigenvalue weighted by Gasteiger charge is 2.20. The van der Waals surface area contributed by atoms with E-state index >= 15 is 0 Å². The average Bonchev–Trinajstić information content (AvgIpc) is 1.88. The third-order valence-corrected chi connectivity index (χ3v) is 4.13. The number of rotatable bonds is 1. The standard InChI is InChI=1S/C8H18NP/c1-7-4-8(10(2)3)6-9-5-7/h7-9H,4-6H2,1-3H3. The Labute approximate surface area is 65.3 Å². The fraction of sp³-hybridized carbons (Fsp3) is 1.00. The van der Waals surface area contributed by atoms with Gasteiger partial charge in [-0.1, -0.05) is 6.92 Å². The molecule has 1 nitrogen and oxygen atoms in total. The molecular formula is C8H18NP. The number of hydrogen-bond acceptors (Lipinski definition) is 1. The third kappa shape index (κ3) is 2.21. The minimum absolute atomic E-state index is 0.292. The number of nitrogens with one attached hydrogen (secondary N) is 1. The first-order valence-electron chi connectivity index (χ1n) is 4.07. The van der Waals surface area contributed by atoms with E-state index in [2.05, 4.69) is 25.6 Å². The molecule has 1 heterocycles. The van der Waals surface area contributed by atoms with Crippen LogP contribution in [0.4, 0.5) is 0 Å². The summed E-state index contributed by atoms with van der Waals surface area (Å²) in [5.74, 6) is 0.906. The van der Waals surface area contributed by atoms with Gasteiger partial charge in [-0.25, -0.2) is 0 Å². The van der Waals surface area contributed by atoms with Crippen molar-refractivity contribution in [3.05, 3.63) is 0 Å². The summed E-state index contributed by atoms with van der Waals surface area (Å²) in [4.78, 5) is 0. The molecule has 1 fully saturated rings. The SMILES string of the molecule is CC1CNCC(P(C)C)C1. The van der Waals surface area contributed by atoms with Crippen molar-refractivity contribution in [3.8, 4) is 0 Å². The van der Waals surface area contributed by atoms with Gasteiger partial charge >= 0.3 is 0 Å². The molecule has 10 heavy (non-hydrogen) atoms.